The van der Waals surface area contributed by atoms with E-state index < -0.39 is 0 Å². The zero-order valence-electron chi connectivity index (χ0n) is 14.2. The lowest BCUT2D eigenvalue weighted by Gasteiger charge is -2.33. The highest BCUT2D eigenvalue weighted by Crippen LogP contribution is 2.36. The molecule has 1 aromatic rings. The van der Waals surface area contributed by atoms with Gasteiger partial charge in [-0.1, -0.05) is 15.9 Å². The molecule has 1 fully saturated rings. The van der Waals surface area contributed by atoms with Crippen LogP contribution in [0.5, 0.6) is 11.5 Å². The van der Waals surface area contributed by atoms with E-state index in [1.165, 1.54) is 44.5 Å². The molecule has 1 aromatic carbocycles. The van der Waals surface area contributed by atoms with Gasteiger partial charge >= 0.3 is 0 Å². The molecular formula is C18H27BrN2O2. The molecule has 0 N–H and O–H groups in total. The van der Waals surface area contributed by atoms with Crippen LogP contribution >= 0.6 is 15.9 Å². The fourth-order valence-electron chi connectivity index (χ4n) is 3.34. The second-order valence-corrected chi connectivity index (χ2v) is 7.75. The minimum Gasteiger partial charge on any atom is -0.486 e. The van der Waals surface area contributed by atoms with Gasteiger partial charge in [-0.15, -0.1) is 0 Å². The quantitative estimate of drug-likeness (QED) is 0.778. The van der Waals surface area contributed by atoms with Crippen LogP contribution in [0, 0.1) is 5.92 Å². The molecular weight excluding hydrogens is 356 g/mol. The van der Waals surface area contributed by atoms with Gasteiger partial charge in [-0.25, -0.2) is 0 Å². The van der Waals surface area contributed by atoms with Gasteiger partial charge in [0, 0.05) is 11.0 Å². The Morgan fingerprint density at radius 1 is 1.13 bits per heavy atom. The number of ether oxygens (including phenoxy) is 2. The number of hydrogen-bond donors (Lipinski definition) is 0. The molecule has 2 heterocycles. The third kappa shape index (κ3) is 4.61. The first kappa shape index (κ1) is 17.1. The monoisotopic (exact) mass is 382 g/mol. The molecule has 0 saturated carbocycles. The molecule has 0 amide bonds. The average molecular weight is 383 g/mol. The maximum Gasteiger partial charge on any atom is 0.162 e. The van der Waals surface area contributed by atoms with Gasteiger partial charge in [0.05, 0.1) is 0 Å². The molecule has 1 saturated heterocycles. The van der Waals surface area contributed by atoms with E-state index in [9.17, 15) is 0 Å². The Hall–Kier alpha value is -0.780. The van der Waals surface area contributed by atoms with Gasteiger partial charge in [0.1, 0.15) is 13.2 Å². The van der Waals surface area contributed by atoms with Crippen LogP contribution in [0.25, 0.3) is 0 Å². The fourth-order valence-corrected chi connectivity index (χ4v) is 3.79. The summed E-state index contributed by atoms with van der Waals surface area (Å²) in [5, 5.41) is 0. The van der Waals surface area contributed by atoms with Crippen LogP contribution in [0.4, 0.5) is 0 Å². The van der Waals surface area contributed by atoms with Crippen molar-refractivity contribution in [1.29, 1.82) is 0 Å². The summed E-state index contributed by atoms with van der Waals surface area (Å²) in [4.78, 5) is 4.85. The minimum absolute atomic E-state index is 0.638. The van der Waals surface area contributed by atoms with Gasteiger partial charge in [0.15, 0.2) is 11.5 Å². The van der Waals surface area contributed by atoms with Crippen LogP contribution in [0.1, 0.15) is 24.8 Å². The van der Waals surface area contributed by atoms with Crippen molar-refractivity contribution in [1.82, 2.24) is 9.80 Å². The lowest BCUT2D eigenvalue weighted by molar-refractivity contribution is 0.162. The molecule has 2 aliphatic heterocycles. The molecule has 5 heteroatoms. The van der Waals surface area contributed by atoms with Crippen molar-refractivity contribution in [2.45, 2.75) is 25.8 Å². The molecule has 0 unspecified atom stereocenters. The first-order chi connectivity index (χ1) is 11.1. The van der Waals surface area contributed by atoms with Crippen molar-refractivity contribution >= 4 is 15.9 Å². The summed E-state index contributed by atoms with van der Waals surface area (Å²) < 4.78 is 12.5. The number of benzene rings is 1. The smallest absolute Gasteiger partial charge is 0.162 e. The van der Waals surface area contributed by atoms with Crippen LogP contribution in [-0.4, -0.2) is 56.7 Å². The molecule has 0 radical (unpaired) electrons. The predicted octanol–water partition coefficient (Wildman–Crippen LogP) is 3.38. The van der Waals surface area contributed by atoms with Crippen molar-refractivity contribution in [2.75, 3.05) is 46.9 Å². The number of piperidine rings is 1. The van der Waals surface area contributed by atoms with E-state index >= 15 is 0 Å². The molecule has 23 heavy (non-hydrogen) atoms. The number of fused-ring (bicyclic) bond motifs is 1. The standard InChI is InChI=1S/C18H27BrN2O2/c1-20(2)6-3-14-4-7-21(8-5-14)13-15-11-17-18(12-16(15)19)23-10-9-22-17/h11-12,14H,3-10,13H2,1-2H3. The maximum atomic E-state index is 5.71. The summed E-state index contributed by atoms with van der Waals surface area (Å²) in [6.45, 7) is 5.86. The second-order valence-electron chi connectivity index (χ2n) is 6.90. The second kappa shape index (κ2) is 7.86. The highest BCUT2D eigenvalue weighted by atomic mass is 79.9. The Balaban J connectivity index is 1.54. The van der Waals surface area contributed by atoms with E-state index in [1.807, 2.05) is 6.07 Å². The average Bonchev–Trinajstić information content (AvgIpc) is 2.55. The Morgan fingerprint density at radius 2 is 1.78 bits per heavy atom. The minimum atomic E-state index is 0.638. The number of nitrogens with zero attached hydrogens (tertiary/aromatic N) is 2. The zero-order chi connectivity index (χ0) is 16.2. The van der Waals surface area contributed by atoms with Crippen LogP contribution < -0.4 is 9.47 Å². The molecule has 0 atom stereocenters. The molecule has 0 aliphatic carbocycles. The van der Waals surface area contributed by atoms with E-state index in [0.717, 1.165) is 28.4 Å². The largest absolute Gasteiger partial charge is 0.486 e. The first-order valence-electron chi connectivity index (χ1n) is 8.57. The van der Waals surface area contributed by atoms with E-state index in [-0.39, 0.29) is 0 Å². The number of hydrogen-bond acceptors (Lipinski definition) is 4. The van der Waals surface area contributed by atoms with Crippen molar-refractivity contribution < 1.29 is 9.47 Å². The normalized spacial score (nSPS) is 19.3. The molecule has 2 aliphatic rings. The van der Waals surface area contributed by atoms with Crippen LogP contribution in [0.2, 0.25) is 0 Å². The highest BCUT2D eigenvalue weighted by Gasteiger charge is 2.21. The molecule has 128 valence electrons. The Bertz CT molecular complexity index is 528. The van der Waals surface area contributed by atoms with E-state index in [2.05, 4.69) is 45.9 Å². The number of likely N-dealkylation sites (tertiary alicyclic amines) is 1. The van der Waals surface area contributed by atoms with Gasteiger partial charge in [-0.3, -0.25) is 4.90 Å². The number of halogens is 1. The molecule has 3 rings (SSSR count). The van der Waals surface area contributed by atoms with Crippen molar-refractivity contribution in [3.63, 3.8) is 0 Å². The fraction of sp³-hybridized carbons (Fsp3) is 0.667. The SMILES string of the molecule is CN(C)CCC1CCN(Cc2cc3c(cc2Br)OCCO3)CC1. The number of rotatable bonds is 5. The summed E-state index contributed by atoms with van der Waals surface area (Å²) in [7, 11) is 4.32. The zero-order valence-corrected chi connectivity index (χ0v) is 15.8. The van der Waals surface area contributed by atoms with Crippen molar-refractivity contribution in [2.24, 2.45) is 5.92 Å². The Labute approximate surface area is 147 Å². The topological polar surface area (TPSA) is 24.9 Å². The molecule has 0 aromatic heterocycles. The summed E-state index contributed by atoms with van der Waals surface area (Å²) in [5.74, 6) is 2.63. The Kier molecular flexibility index (Phi) is 5.83. The van der Waals surface area contributed by atoms with Gasteiger partial charge in [-0.2, -0.15) is 0 Å². The molecule has 0 spiro atoms. The Morgan fingerprint density at radius 3 is 2.43 bits per heavy atom. The molecule has 0 bridgehead atoms. The summed E-state index contributed by atoms with van der Waals surface area (Å²) in [5.41, 5.74) is 1.29. The van der Waals surface area contributed by atoms with E-state index in [1.54, 1.807) is 0 Å². The lowest BCUT2D eigenvalue weighted by atomic mass is 9.93. The summed E-state index contributed by atoms with van der Waals surface area (Å²) in [6, 6.07) is 4.18. The third-order valence-corrected chi connectivity index (χ3v) is 5.54. The van der Waals surface area contributed by atoms with Crippen molar-refractivity contribution in [3.8, 4) is 11.5 Å². The van der Waals surface area contributed by atoms with Gasteiger partial charge in [0.2, 0.25) is 0 Å². The third-order valence-electron chi connectivity index (χ3n) is 4.80. The first-order valence-corrected chi connectivity index (χ1v) is 9.36. The summed E-state index contributed by atoms with van der Waals surface area (Å²) >= 11 is 3.69. The molecule has 4 nitrogen and oxygen atoms in total. The van der Waals surface area contributed by atoms with E-state index in [0.29, 0.717) is 13.2 Å². The van der Waals surface area contributed by atoms with E-state index in [4.69, 9.17) is 9.47 Å². The van der Waals surface area contributed by atoms with Gasteiger partial charge in [-0.05, 0) is 76.6 Å². The summed E-state index contributed by atoms with van der Waals surface area (Å²) in [6.07, 6.45) is 3.96. The van der Waals surface area contributed by atoms with Crippen LogP contribution in [0.3, 0.4) is 0 Å². The van der Waals surface area contributed by atoms with Crippen molar-refractivity contribution in [3.05, 3.63) is 22.2 Å². The van der Waals surface area contributed by atoms with Gasteiger partial charge < -0.3 is 14.4 Å². The van der Waals surface area contributed by atoms with Crippen LogP contribution in [-0.2, 0) is 6.54 Å². The predicted molar refractivity (Wildman–Crippen MR) is 96.3 cm³/mol. The maximum absolute atomic E-state index is 5.71. The van der Waals surface area contributed by atoms with Gasteiger partial charge in [0.25, 0.3) is 0 Å². The lowest BCUT2D eigenvalue weighted by Crippen LogP contribution is -2.34. The van der Waals surface area contributed by atoms with Crippen LogP contribution in [0.15, 0.2) is 16.6 Å². The highest BCUT2D eigenvalue weighted by molar-refractivity contribution is 9.10.